The fourth-order valence-electron chi connectivity index (χ4n) is 3.38. The highest BCUT2D eigenvalue weighted by molar-refractivity contribution is 5.44. The lowest BCUT2D eigenvalue weighted by Gasteiger charge is -2.32. The first-order valence-electron chi connectivity index (χ1n) is 8.41. The second-order valence-corrected chi connectivity index (χ2v) is 6.17. The van der Waals surface area contributed by atoms with Crippen LogP contribution in [0.5, 0.6) is 0 Å². The molecule has 1 atom stereocenters. The number of hydrogen-bond acceptors (Lipinski definition) is 5. The van der Waals surface area contributed by atoms with E-state index in [0.717, 1.165) is 37.7 Å². The van der Waals surface area contributed by atoms with E-state index >= 15 is 0 Å². The summed E-state index contributed by atoms with van der Waals surface area (Å²) in [5, 5.41) is 3.32. The van der Waals surface area contributed by atoms with Gasteiger partial charge in [0.05, 0.1) is 12.4 Å². The molecule has 21 heavy (non-hydrogen) atoms. The molecular formula is C16H27N5. The van der Waals surface area contributed by atoms with Crippen molar-refractivity contribution in [2.45, 2.75) is 45.1 Å². The molecule has 1 aromatic heterocycles. The molecule has 0 spiro atoms. The number of hydrogen-bond donors (Lipinski definition) is 1. The van der Waals surface area contributed by atoms with Crippen LogP contribution in [0.3, 0.4) is 0 Å². The van der Waals surface area contributed by atoms with Crippen molar-refractivity contribution < 1.29 is 0 Å². The van der Waals surface area contributed by atoms with Crippen molar-refractivity contribution in [3.8, 4) is 0 Å². The zero-order chi connectivity index (χ0) is 14.5. The average Bonchev–Trinajstić information content (AvgIpc) is 3.04. The van der Waals surface area contributed by atoms with Gasteiger partial charge in [0.2, 0.25) is 0 Å². The van der Waals surface area contributed by atoms with Crippen molar-refractivity contribution >= 4 is 11.6 Å². The number of piperidine rings is 1. The number of nitrogens with zero attached hydrogens (tertiary/aromatic N) is 4. The summed E-state index contributed by atoms with van der Waals surface area (Å²) in [4.78, 5) is 14.1. The van der Waals surface area contributed by atoms with Gasteiger partial charge in [-0.15, -0.1) is 0 Å². The molecule has 0 aromatic carbocycles. The molecule has 0 radical (unpaired) electrons. The van der Waals surface area contributed by atoms with Crippen LogP contribution >= 0.6 is 0 Å². The van der Waals surface area contributed by atoms with Gasteiger partial charge in [-0.3, -0.25) is 9.88 Å². The van der Waals surface area contributed by atoms with Crippen LogP contribution in [0.2, 0.25) is 0 Å². The minimum Gasteiger partial charge on any atom is -0.369 e. The van der Waals surface area contributed by atoms with E-state index in [1.165, 1.54) is 38.8 Å². The first-order valence-corrected chi connectivity index (χ1v) is 8.41. The van der Waals surface area contributed by atoms with Gasteiger partial charge in [0.25, 0.3) is 0 Å². The summed E-state index contributed by atoms with van der Waals surface area (Å²) >= 11 is 0. The Kier molecular flexibility index (Phi) is 4.91. The predicted molar refractivity (Wildman–Crippen MR) is 86.9 cm³/mol. The Morgan fingerprint density at radius 3 is 2.86 bits per heavy atom. The van der Waals surface area contributed by atoms with Crippen molar-refractivity contribution in [2.75, 3.05) is 42.9 Å². The molecule has 0 amide bonds. The fourth-order valence-corrected chi connectivity index (χ4v) is 3.38. The summed E-state index contributed by atoms with van der Waals surface area (Å²) in [6, 6.07) is 0.708. The van der Waals surface area contributed by atoms with Gasteiger partial charge in [0.15, 0.2) is 0 Å². The van der Waals surface area contributed by atoms with Crippen LogP contribution in [0.25, 0.3) is 0 Å². The molecule has 5 nitrogen and oxygen atoms in total. The summed E-state index contributed by atoms with van der Waals surface area (Å²) in [5.74, 6) is 1.92. The number of nitrogens with one attached hydrogen (secondary N) is 1. The van der Waals surface area contributed by atoms with Gasteiger partial charge in [0.1, 0.15) is 11.6 Å². The lowest BCUT2D eigenvalue weighted by molar-refractivity contribution is 0.175. The number of aromatic nitrogens is 2. The van der Waals surface area contributed by atoms with Crippen molar-refractivity contribution in [1.29, 1.82) is 0 Å². The topological polar surface area (TPSA) is 44.3 Å². The maximum atomic E-state index is 4.71. The second kappa shape index (κ2) is 7.07. The Labute approximate surface area is 127 Å². The zero-order valence-electron chi connectivity index (χ0n) is 13.1. The first-order chi connectivity index (χ1) is 10.4. The Morgan fingerprint density at radius 1 is 1.19 bits per heavy atom. The third-order valence-electron chi connectivity index (χ3n) is 4.57. The van der Waals surface area contributed by atoms with Crippen LogP contribution in [0.4, 0.5) is 11.6 Å². The standard InChI is InChI=1S/C16H27N5/c1-2-7-18-15-11-17-12-16(19-15)21-10-6-14(13-21)20-8-4-3-5-9-20/h11-12,14H,2-10,13H2,1H3,(H,18,19). The minimum absolute atomic E-state index is 0.708. The molecule has 2 saturated heterocycles. The second-order valence-electron chi connectivity index (χ2n) is 6.17. The van der Waals surface area contributed by atoms with E-state index in [1.54, 1.807) is 0 Å². The van der Waals surface area contributed by atoms with Gasteiger partial charge in [0, 0.05) is 25.7 Å². The molecule has 0 aliphatic carbocycles. The van der Waals surface area contributed by atoms with Gasteiger partial charge in [-0.1, -0.05) is 13.3 Å². The maximum Gasteiger partial charge on any atom is 0.149 e. The van der Waals surface area contributed by atoms with Gasteiger partial charge < -0.3 is 10.2 Å². The molecule has 1 unspecified atom stereocenters. The van der Waals surface area contributed by atoms with Crippen LogP contribution in [-0.2, 0) is 0 Å². The maximum absolute atomic E-state index is 4.71. The van der Waals surface area contributed by atoms with Crippen molar-refractivity contribution in [3.05, 3.63) is 12.4 Å². The average molecular weight is 289 g/mol. The summed E-state index contributed by atoms with van der Waals surface area (Å²) < 4.78 is 0. The molecule has 0 bridgehead atoms. The third kappa shape index (κ3) is 3.64. The lowest BCUT2D eigenvalue weighted by Crippen LogP contribution is -2.41. The highest BCUT2D eigenvalue weighted by Gasteiger charge is 2.29. The van der Waals surface area contributed by atoms with E-state index < -0.39 is 0 Å². The Hall–Kier alpha value is -1.36. The summed E-state index contributed by atoms with van der Waals surface area (Å²) in [5.41, 5.74) is 0. The van der Waals surface area contributed by atoms with Gasteiger partial charge >= 0.3 is 0 Å². The SMILES string of the molecule is CCCNc1cncc(N2CCC(N3CCCCC3)C2)n1. The highest BCUT2D eigenvalue weighted by atomic mass is 15.3. The molecule has 2 fully saturated rings. The first kappa shape index (κ1) is 14.6. The molecule has 0 saturated carbocycles. The van der Waals surface area contributed by atoms with E-state index in [1.807, 2.05) is 12.4 Å². The van der Waals surface area contributed by atoms with E-state index in [0.29, 0.717) is 6.04 Å². The monoisotopic (exact) mass is 289 g/mol. The molecule has 2 aliphatic heterocycles. The number of rotatable bonds is 5. The third-order valence-corrected chi connectivity index (χ3v) is 4.57. The highest BCUT2D eigenvalue weighted by Crippen LogP contribution is 2.24. The molecule has 3 rings (SSSR count). The lowest BCUT2D eigenvalue weighted by atomic mass is 10.1. The van der Waals surface area contributed by atoms with E-state index in [9.17, 15) is 0 Å². The Morgan fingerprint density at radius 2 is 2.05 bits per heavy atom. The number of anilines is 2. The predicted octanol–water partition coefficient (Wildman–Crippen LogP) is 2.36. The number of likely N-dealkylation sites (tertiary alicyclic amines) is 1. The largest absolute Gasteiger partial charge is 0.369 e. The zero-order valence-corrected chi connectivity index (χ0v) is 13.1. The van der Waals surface area contributed by atoms with Gasteiger partial charge in [-0.25, -0.2) is 4.98 Å². The molecule has 1 N–H and O–H groups in total. The fraction of sp³-hybridized carbons (Fsp3) is 0.750. The van der Waals surface area contributed by atoms with Crippen LogP contribution < -0.4 is 10.2 Å². The summed E-state index contributed by atoms with van der Waals surface area (Å²) in [6.07, 6.45) is 10.2. The Bertz CT molecular complexity index is 444. The van der Waals surface area contributed by atoms with Crippen LogP contribution in [0.1, 0.15) is 39.0 Å². The van der Waals surface area contributed by atoms with Crippen LogP contribution in [0.15, 0.2) is 12.4 Å². The molecular weight excluding hydrogens is 262 g/mol. The Balaban J connectivity index is 1.60. The van der Waals surface area contributed by atoms with Crippen molar-refractivity contribution in [3.63, 3.8) is 0 Å². The van der Waals surface area contributed by atoms with E-state index in [4.69, 9.17) is 4.98 Å². The van der Waals surface area contributed by atoms with Gasteiger partial charge in [-0.05, 0) is 38.8 Å². The quantitative estimate of drug-likeness (QED) is 0.901. The molecule has 2 aliphatic rings. The minimum atomic E-state index is 0.708. The van der Waals surface area contributed by atoms with Crippen LogP contribution in [0, 0.1) is 0 Å². The van der Waals surface area contributed by atoms with E-state index in [2.05, 4.69) is 27.0 Å². The molecule has 1 aromatic rings. The van der Waals surface area contributed by atoms with Crippen LogP contribution in [-0.4, -0.2) is 53.6 Å². The van der Waals surface area contributed by atoms with Crippen molar-refractivity contribution in [1.82, 2.24) is 14.9 Å². The van der Waals surface area contributed by atoms with Gasteiger partial charge in [-0.2, -0.15) is 0 Å². The van der Waals surface area contributed by atoms with E-state index in [-0.39, 0.29) is 0 Å². The molecule has 3 heterocycles. The van der Waals surface area contributed by atoms with Crippen molar-refractivity contribution in [2.24, 2.45) is 0 Å². The summed E-state index contributed by atoms with van der Waals surface area (Å²) in [7, 11) is 0. The molecule has 116 valence electrons. The summed E-state index contributed by atoms with van der Waals surface area (Å²) in [6.45, 7) is 7.88. The normalized spacial score (nSPS) is 23.5. The molecule has 5 heteroatoms. The smallest absolute Gasteiger partial charge is 0.149 e.